The van der Waals surface area contributed by atoms with Gasteiger partial charge in [-0.25, -0.2) is 13.9 Å². The lowest BCUT2D eigenvalue weighted by Crippen LogP contribution is -3.00. The topological polar surface area (TPSA) is 77.7 Å². The summed E-state index contributed by atoms with van der Waals surface area (Å²) in [6.07, 6.45) is 9.70. The molecule has 2 rings (SSSR count). The number of carboxylic acid groups (broad SMARTS) is 1. The summed E-state index contributed by atoms with van der Waals surface area (Å²) in [4.78, 5) is 10.7. The number of hydrogen-bond acceptors (Lipinski definition) is 3. The fourth-order valence-electron chi connectivity index (χ4n) is 1.96. The maximum atomic E-state index is 10.7. The summed E-state index contributed by atoms with van der Waals surface area (Å²) in [5.74, 6) is -0.913. The lowest BCUT2D eigenvalue weighted by molar-refractivity contribution is -0.726. The Hall–Kier alpha value is -1.80. The molecule has 0 aliphatic carbocycles. The fraction of sp³-hybridized carbons (Fsp3) is 0.200. The molecule has 0 unspecified atom stereocenters. The van der Waals surface area contributed by atoms with Gasteiger partial charge in [-0.15, -0.1) is 0 Å². The minimum absolute atomic E-state index is 0. The number of carboxylic acids is 1. The number of nitrogens with zero attached hydrogens (tertiary/aromatic N) is 3. The van der Waals surface area contributed by atoms with Gasteiger partial charge in [0.2, 0.25) is 0 Å². The number of rotatable bonds is 6. The molecule has 0 saturated heterocycles. The van der Waals surface area contributed by atoms with Crippen LogP contribution in [0.2, 0.25) is 0 Å². The van der Waals surface area contributed by atoms with Crippen LogP contribution >= 0.6 is 0 Å². The highest BCUT2D eigenvalue weighted by Gasteiger charge is 2.07. The van der Waals surface area contributed by atoms with Crippen LogP contribution < -0.4 is 43.1 Å². The van der Waals surface area contributed by atoms with Crippen molar-refractivity contribution in [2.45, 2.75) is 19.5 Å². The Bertz CT molecular complexity index is 631. The highest BCUT2D eigenvalue weighted by molar-refractivity contribution is 5.87. The number of aromatic nitrogens is 2. The molecule has 2 N–H and O–H groups in total. The van der Waals surface area contributed by atoms with Gasteiger partial charge in [0.05, 0.1) is 18.2 Å². The van der Waals surface area contributed by atoms with E-state index in [4.69, 9.17) is 10.3 Å². The molecule has 0 fully saturated rings. The van der Waals surface area contributed by atoms with Crippen molar-refractivity contribution >= 4 is 12.2 Å². The van der Waals surface area contributed by atoms with Gasteiger partial charge in [0.15, 0.2) is 37.9 Å². The fourth-order valence-corrected chi connectivity index (χ4v) is 1.96. The van der Waals surface area contributed by atoms with Crippen LogP contribution in [0.3, 0.4) is 0 Å². The van der Waals surface area contributed by atoms with E-state index in [-0.39, 0.29) is 34.0 Å². The van der Waals surface area contributed by atoms with E-state index in [1.807, 2.05) is 33.7 Å². The molecule has 0 saturated carbocycles. The van der Waals surface area contributed by atoms with Gasteiger partial charge in [-0.1, -0.05) is 5.16 Å². The molecule has 0 amide bonds. The first-order valence-electron chi connectivity index (χ1n) is 6.58. The Morgan fingerprint density at radius 1 is 1.00 bits per heavy atom. The van der Waals surface area contributed by atoms with Gasteiger partial charge in [0, 0.05) is 29.8 Å². The minimum atomic E-state index is -0.913. The average molecular weight is 447 g/mol. The standard InChI is InChI=1S/C15H15N3O3.2BrH/c19-15(20)14-4-10-18(11-5-14)7-1-6-17-8-2-13(3-9-17)12-16-21;;/h2-5,8-12H,1,6-7H2;2*1H. The monoisotopic (exact) mass is 445 g/mol. The van der Waals surface area contributed by atoms with Crippen molar-refractivity contribution in [2.24, 2.45) is 5.16 Å². The first-order valence-corrected chi connectivity index (χ1v) is 6.58. The molecule has 6 nitrogen and oxygen atoms in total. The van der Waals surface area contributed by atoms with Crippen LogP contribution in [0.4, 0.5) is 0 Å². The van der Waals surface area contributed by atoms with Crippen LogP contribution in [0.15, 0.2) is 54.2 Å². The molecular formula is C15H17Br2N3O3. The number of carbonyl (C=O) groups is 1. The molecule has 124 valence electrons. The van der Waals surface area contributed by atoms with Crippen LogP contribution in [-0.2, 0) is 13.1 Å². The molecule has 0 aromatic carbocycles. The van der Waals surface area contributed by atoms with Gasteiger partial charge in [0.25, 0.3) is 0 Å². The van der Waals surface area contributed by atoms with E-state index in [0.717, 1.165) is 25.1 Å². The van der Waals surface area contributed by atoms with Crippen molar-refractivity contribution in [3.05, 3.63) is 60.2 Å². The second kappa shape index (κ2) is 10.8. The second-order valence-corrected chi connectivity index (χ2v) is 4.60. The highest BCUT2D eigenvalue weighted by atomic mass is 79.9. The lowest BCUT2D eigenvalue weighted by Gasteiger charge is -1.98. The zero-order chi connectivity index (χ0) is 15.1. The third-order valence-corrected chi connectivity index (χ3v) is 3.09. The van der Waals surface area contributed by atoms with Gasteiger partial charge >= 0.3 is 5.97 Å². The highest BCUT2D eigenvalue weighted by Crippen LogP contribution is 1.95. The van der Waals surface area contributed by atoms with Crippen LogP contribution in [0.25, 0.3) is 0 Å². The van der Waals surface area contributed by atoms with Crippen molar-refractivity contribution < 1.29 is 58.2 Å². The maximum Gasteiger partial charge on any atom is 0.336 e. The van der Waals surface area contributed by atoms with E-state index in [1.54, 1.807) is 24.5 Å². The molecular weight excluding hydrogens is 430 g/mol. The van der Waals surface area contributed by atoms with Crippen LogP contribution in [0.1, 0.15) is 22.3 Å². The third-order valence-electron chi connectivity index (χ3n) is 3.09. The van der Waals surface area contributed by atoms with Crippen molar-refractivity contribution in [1.82, 2.24) is 0 Å². The molecule has 0 spiro atoms. The number of halogens is 2. The molecule has 0 atom stereocenters. The van der Waals surface area contributed by atoms with Crippen molar-refractivity contribution in [2.75, 3.05) is 0 Å². The van der Waals surface area contributed by atoms with Crippen LogP contribution in [0, 0.1) is 0 Å². The summed E-state index contributed by atoms with van der Waals surface area (Å²) in [7, 11) is 0. The largest absolute Gasteiger partial charge is 1.00 e. The van der Waals surface area contributed by atoms with Crippen molar-refractivity contribution in [3.8, 4) is 0 Å². The van der Waals surface area contributed by atoms with E-state index >= 15 is 0 Å². The predicted molar refractivity (Wildman–Crippen MR) is 74.2 cm³/mol. The summed E-state index contributed by atoms with van der Waals surface area (Å²) in [6, 6.07) is 6.93. The zero-order valence-corrected chi connectivity index (χ0v) is 15.4. The second-order valence-electron chi connectivity index (χ2n) is 4.60. The number of aromatic carboxylic acids is 1. The van der Waals surface area contributed by atoms with Gasteiger partial charge < -0.3 is 44.3 Å². The van der Waals surface area contributed by atoms with E-state index in [2.05, 4.69) is 5.16 Å². The molecule has 2 aromatic rings. The first kappa shape index (κ1) is 21.2. The Morgan fingerprint density at radius 3 is 1.91 bits per heavy atom. The maximum absolute atomic E-state index is 10.7. The number of hydrogen-bond donors (Lipinski definition) is 2. The quantitative estimate of drug-likeness (QED) is 0.202. The van der Waals surface area contributed by atoms with E-state index < -0.39 is 5.97 Å². The molecule has 8 heteroatoms. The summed E-state index contributed by atoms with van der Waals surface area (Å²) in [5.41, 5.74) is 1.13. The predicted octanol–water partition coefficient (Wildman–Crippen LogP) is -5.13. The Kier molecular flexibility index (Phi) is 10.00. The first-order chi connectivity index (χ1) is 10.2. The Balaban J connectivity index is 0.00000242. The summed E-state index contributed by atoms with van der Waals surface area (Å²) in [6.45, 7) is 1.66. The minimum Gasteiger partial charge on any atom is -1.00 e. The SMILES string of the molecule is O=C(O)c1cc[n+](CCC[n+]2ccc(/C=N/O)cc2)cc1.[Br-].[Br-]. The van der Waals surface area contributed by atoms with Gasteiger partial charge in [-0.05, 0) is 0 Å². The molecule has 0 bridgehead atoms. The normalized spacial score (nSPS) is 9.91. The summed E-state index contributed by atoms with van der Waals surface area (Å²) in [5, 5.41) is 20.2. The molecule has 0 aliphatic heterocycles. The number of oxime groups is 1. The van der Waals surface area contributed by atoms with Crippen LogP contribution in [-0.4, -0.2) is 22.5 Å². The Labute approximate surface area is 155 Å². The summed E-state index contributed by atoms with van der Waals surface area (Å²) < 4.78 is 4.00. The molecule has 2 aromatic heterocycles. The molecule has 23 heavy (non-hydrogen) atoms. The van der Waals surface area contributed by atoms with E-state index in [9.17, 15) is 4.79 Å². The summed E-state index contributed by atoms with van der Waals surface area (Å²) >= 11 is 0. The van der Waals surface area contributed by atoms with Gasteiger partial charge in [-0.3, -0.25) is 0 Å². The smallest absolute Gasteiger partial charge is 0.336 e. The average Bonchev–Trinajstić information content (AvgIpc) is 2.50. The lowest BCUT2D eigenvalue weighted by atomic mass is 10.2. The van der Waals surface area contributed by atoms with E-state index in [1.165, 1.54) is 6.21 Å². The molecule has 0 aliphatic rings. The van der Waals surface area contributed by atoms with E-state index in [0.29, 0.717) is 5.56 Å². The number of pyridine rings is 2. The molecule has 0 radical (unpaired) electrons. The molecule has 2 heterocycles. The van der Waals surface area contributed by atoms with Crippen molar-refractivity contribution in [1.29, 1.82) is 0 Å². The van der Waals surface area contributed by atoms with Crippen molar-refractivity contribution in [3.63, 3.8) is 0 Å². The zero-order valence-electron chi connectivity index (χ0n) is 12.2. The Morgan fingerprint density at radius 2 is 1.48 bits per heavy atom. The third kappa shape index (κ3) is 6.87. The van der Waals surface area contributed by atoms with Crippen LogP contribution in [0.5, 0.6) is 0 Å². The van der Waals surface area contributed by atoms with Gasteiger partial charge in [0.1, 0.15) is 0 Å². The number of aryl methyl sites for hydroxylation is 2. The van der Waals surface area contributed by atoms with Gasteiger partial charge in [-0.2, -0.15) is 0 Å².